The van der Waals surface area contributed by atoms with Crippen LogP contribution in [-0.2, 0) is 7.05 Å². The first-order valence-electron chi connectivity index (χ1n) is 8.31. The molecule has 0 spiro atoms. The van der Waals surface area contributed by atoms with Gasteiger partial charge in [0.2, 0.25) is 0 Å². The topological polar surface area (TPSA) is 57.0 Å². The van der Waals surface area contributed by atoms with Gasteiger partial charge >= 0.3 is 0 Å². The number of Topliss-reactive ketones (excluding diaryl/α,β-unsaturated/α-hetero) is 1. The van der Waals surface area contributed by atoms with E-state index in [2.05, 4.69) is 16.3 Å². The number of carbonyl (C=O) groups excluding carboxylic acids is 1. The zero-order chi connectivity index (χ0) is 18.7. The predicted molar refractivity (Wildman–Crippen MR) is 104 cm³/mol. The normalized spacial score (nSPS) is 12.0. The van der Waals surface area contributed by atoms with Gasteiger partial charge in [0.05, 0.1) is 12.4 Å². The van der Waals surface area contributed by atoms with E-state index in [0.29, 0.717) is 5.56 Å². The van der Waals surface area contributed by atoms with Crippen LogP contribution >= 0.6 is 11.8 Å². The highest BCUT2D eigenvalue weighted by Gasteiger charge is 2.20. The van der Waals surface area contributed by atoms with Crippen LogP contribution in [0.2, 0.25) is 0 Å². The summed E-state index contributed by atoms with van der Waals surface area (Å²) >= 11 is 1.41. The largest absolute Gasteiger partial charge is 0.497 e. The van der Waals surface area contributed by atoms with Crippen molar-refractivity contribution in [3.8, 4) is 17.1 Å². The molecule has 0 aliphatic carbocycles. The Morgan fingerprint density at radius 3 is 2.54 bits per heavy atom. The number of methoxy groups -OCH3 is 1. The predicted octanol–water partition coefficient (Wildman–Crippen LogP) is 4.16. The summed E-state index contributed by atoms with van der Waals surface area (Å²) in [4.78, 5) is 12.7. The van der Waals surface area contributed by atoms with Crippen molar-refractivity contribution in [2.24, 2.45) is 7.05 Å². The van der Waals surface area contributed by atoms with Crippen molar-refractivity contribution in [3.63, 3.8) is 0 Å². The summed E-state index contributed by atoms with van der Waals surface area (Å²) in [6.45, 7) is 3.93. The molecule has 5 nitrogen and oxygen atoms in total. The van der Waals surface area contributed by atoms with E-state index in [-0.39, 0.29) is 11.0 Å². The smallest absolute Gasteiger partial charge is 0.191 e. The van der Waals surface area contributed by atoms with Gasteiger partial charge in [-0.2, -0.15) is 0 Å². The van der Waals surface area contributed by atoms with Crippen LogP contribution in [0.4, 0.5) is 0 Å². The molecule has 1 heterocycles. The third kappa shape index (κ3) is 3.80. The molecule has 0 radical (unpaired) electrons. The molecule has 0 bridgehead atoms. The molecule has 0 aliphatic rings. The molecule has 26 heavy (non-hydrogen) atoms. The average molecular weight is 367 g/mol. The zero-order valence-electron chi connectivity index (χ0n) is 15.3. The number of aromatic nitrogens is 3. The van der Waals surface area contributed by atoms with Crippen LogP contribution in [0.5, 0.6) is 5.75 Å². The Balaban J connectivity index is 1.77. The molecule has 1 atom stereocenters. The molecule has 0 fully saturated rings. The summed E-state index contributed by atoms with van der Waals surface area (Å²) in [7, 11) is 3.53. The number of nitrogens with zero attached hydrogens (tertiary/aromatic N) is 3. The number of ketones is 1. The summed E-state index contributed by atoms with van der Waals surface area (Å²) in [6, 6.07) is 15.3. The van der Waals surface area contributed by atoms with E-state index in [1.807, 2.05) is 43.7 Å². The van der Waals surface area contributed by atoms with E-state index in [0.717, 1.165) is 22.3 Å². The van der Waals surface area contributed by atoms with Gasteiger partial charge in [-0.05, 0) is 44.2 Å². The van der Waals surface area contributed by atoms with Crippen molar-refractivity contribution in [1.29, 1.82) is 0 Å². The lowest BCUT2D eigenvalue weighted by molar-refractivity contribution is 0.0994. The van der Waals surface area contributed by atoms with Crippen molar-refractivity contribution in [3.05, 3.63) is 59.7 Å². The summed E-state index contributed by atoms with van der Waals surface area (Å²) in [6.07, 6.45) is 0. The van der Waals surface area contributed by atoms with E-state index >= 15 is 0 Å². The Labute approximate surface area is 157 Å². The van der Waals surface area contributed by atoms with Gasteiger partial charge in [-0.15, -0.1) is 10.2 Å². The molecule has 0 saturated carbocycles. The second-order valence-electron chi connectivity index (χ2n) is 6.09. The molecule has 0 saturated heterocycles. The monoisotopic (exact) mass is 367 g/mol. The highest BCUT2D eigenvalue weighted by molar-refractivity contribution is 8.00. The fourth-order valence-electron chi connectivity index (χ4n) is 2.65. The van der Waals surface area contributed by atoms with Crippen molar-refractivity contribution in [1.82, 2.24) is 14.8 Å². The molecule has 2 aromatic carbocycles. The van der Waals surface area contributed by atoms with E-state index in [9.17, 15) is 4.79 Å². The number of hydrogen-bond acceptors (Lipinski definition) is 5. The Hall–Kier alpha value is -2.60. The van der Waals surface area contributed by atoms with Gasteiger partial charge in [-0.1, -0.05) is 35.5 Å². The SMILES string of the molecule is COc1ccc(C(=O)C(C)Sc2nnc(-c3cccc(C)c3)n2C)cc1. The number of aryl methyl sites for hydroxylation is 1. The number of carbonyl (C=O) groups is 1. The average Bonchev–Trinajstić information content (AvgIpc) is 3.01. The lowest BCUT2D eigenvalue weighted by Crippen LogP contribution is -2.14. The quantitative estimate of drug-likeness (QED) is 0.484. The Morgan fingerprint density at radius 1 is 1.15 bits per heavy atom. The Kier molecular flexibility index (Phi) is 5.42. The van der Waals surface area contributed by atoms with E-state index < -0.39 is 0 Å². The standard InChI is InChI=1S/C20H21N3O2S/c1-13-6-5-7-16(12-13)19-21-22-20(23(19)3)26-14(2)18(24)15-8-10-17(25-4)11-9-15/h5-12,14H,1-4H3. The minimum atomic E-state index is -0.267. The van der Waals surface area contributed by atoms with Crippen molar-refractivity contribution in [2.75, 3.05) is 7.11 Å². The number of rotatable bonds is 6. The summed E-state index contributed by atoms with van der Waals surface area (Å²) in [5.74, 6) is 1.58. The summed E-state index contributed by atoms with van der Waals surface area (Å²) in [5.41, 5.74) is 2.84. The first kappa shape index (κ1) is 18.2. The minimum Gasteiger partial charge on any atom is -0.497 e. The number of thioether (sulfide) groups is 1. The van der Waals surface area contributed by atoms with E-state index in [1.54, 1.807) is 31.4 Å². The number of benzene rings is 2. The van der Waals surface area contributed by atoms with Gasteiger partial charge < -0.3 is 9.30 Å². The summed E-state index contributed by atoms with van der Waals surface area (Å²) in [5, 5.41) is 9.02. The van der Waals surface area contributed by atoms with Gasteiger partial charge in [-0.3, -0.25) is 4.79 Å². The lowest BCUT2D eigenvalue weighted by Gasteiger charge is -2.10. The fourth-order valence-corrected chi connectivity index (χ4v) is 3.55. The molecule has 134 valence electrons. The summed E-state index contributed by atoms with van der Waals surface area (Å²) < 4.78 is 7.06. The van der Waals surface area contributed by atoms with Crippen LogP contribution in [0.25, 0.3) is 11.4 Å². The Bertz CT molecular complexity index is 919. The highest BCUT2D eigenvalue weighted by atomic mass is 32.2. The van der Waals surface area contributed by atoms with Gasteiger partial charge in [0.25, 0.3) is 0 Å². The van der Waals surface area contributed by atoms with Crippen molar-refractivity contribution >= 4 is 17.5 Å². The fraction of sp³-hybridized carbons (Fsp3) is 0.250. The van der Waals surface area contributed by atoms with Gasteiger partial charge in [0, 0.05) is 18.2 Å². The van der Waals surface area contributed by atoms with Crippen LogP contribution in [-0.4, -0.2) is 32.9 Å². The molecule has 6 heteroatoms. The van der Waals surface area contributed by atoms with Crippen LogP contribution in [0, 0.1) is 6.92 Å². The zero-order valence-corrected chi connectivity index (χ0v) is 16.1. The van der Waals surface area contributed by atoms with Gasteiger partial charge in [0.1, 0.15) is 5.75 Å². The van der Waals surface area contributed by atoms with Crippen molar-refractivity contribution < 1.29 is 9.53 Å². The van der Waals surface area contributed by atoms with Crippen LogP contribution in [0.3, 0.4) is 0 Å². The molecular weight excluding hydrogens is 346 g/mol. The minimum absolute atomic E-state index is 0.0535. The van der Waals surface area contributed by atoms with Crippen LogP contribution < -0.4 is 4.74 Å². The molecule has 1 aromatic heterocycles. The molecule has 1 unspecified atom stereocenters. The maximum atomic E-state index is 12.7. The molecular formula is C20H21N3O2S. The maximum Gasteiger partial charge on any atom is 0.191 e. The second-order valence-corrected chi connectivity index (χ2v) is 7.40. The molecule has 3 rings (SSSR count). The highest BCUT2D eigenvalue weighted by Crippen LogP contribution is 2.28. The molecule has 3 aromatic rings. The Morgan fingerprint density at radius 2 is 1.88 bits per heavy atom. The second kappa shape index (κ2) is 7.74. The van der Waals surface area contributed by atoms with E-state index in [4.69, 9.17) is 4.74 Å². The van der Waals surface area contributed by atoms with Crippen LogP contribution in [0.1, 0.15) is 22.8 Å². The third-order valence-corrected chi connectivity index (χ3v) is 5.27. The molecule has 0 aliphatic heterocycles. The number of ether oxygens (including phenoxy) is 1. The maximum absolute atomic E-state index is 12.7. The van der Waals surface area contributed by atoms with Gasteiger partial charge in [-0.25, -0.2) is 0 Å². The lowest BCUT2D eigenvalue weighted by atomic mass is 10.1. The number of hydrogen-bond donors (Lipinski definition) is 0. The van der Waals surface area contributed by atoms with Crippen molar-refractivity contribution in [2.45, 2.75) is 24.3 Å². The molecule has 0 N–H and O–H groups in total. The third-order valence-electron chi connectivity index (χ3n) is 4.14. The molecule has 0 amide bonds. The van der Waals surface area contributed by atoms with E-state index in [1.165, 1.54) is 17.3 Å². The van der Waals surface area contributed by atoms with Gasteiger partial charge in [0.15, 0.2) is 16.8 Å². The van der Waals surface area contributed by atoms with Crippen LogP contribution in [0.15, 0.2) is 53.7 Å². The first-order valence-corrected chi connectivity index (χ1v) is 9.19. The first-order chi connectivity index (χ1) is 12.5.